The summed E-state index contributed by atoms with van der Waals surface area (Å²) >= 11 is 0. The smallest absolute Gasteiger partial charge is 0.213 e. The largest absolute Gasteiger partial charge is 0.477 e. The second-order valence-corrected chi connectivity index (χ2v) is 4.67. The van der Waals surface area contributed by atoms with Crippen LogP contribution in [0.1, 0.15) is 18.5 Å². The summed E-state index contributed by atoms with van der Waals surface area (Å²) in [6.07, 6.45) is 2.48. The normalized spacial score (nSPS) is 18.6. The Morgan fingerprint density at radius 2 is 2.12 bits per heavy atom. The number of ether oxygens (including phenoxy) is 1. The molecule has 16 heavy (non-hydrogen) atoms. The lowest BCUT2D eigenvalue weighted by Gasteiger charge is -2.28. The van der Waals surface area contributed by atoms with Gasteiger partial charge in [-0.3, -0.25) is 0 Å². The maximum absolute atomic E-state index is 5.73. The van der Waals surface area contributed by atoms with Crippen molar-refractivity contribution in [3.05, 3.63) is 23.9 Å². The van der Waals surface area contributed by atoms with Crippen LogP contribution < -0.4 is 4.74 Å². The average molecular weight is 220 g/mol. The van der Waals surface area contributed by atoms with Crippen molar-refractivity contribution >= 4 is 0 Å². The summed E-state index contributed by atoms with van der Waals surface area (Å²) in [4.78, 5) is 6.72. The lowest BCUT2D eigenvalue weighted by Crippen LogP contribution is -2.32. The molecule has 0 saturated carbocycles. The zero-order valence-corrected chi connectivity index (χ0v) is 10.1. The third-order valence-corrected chi connectivity index (χ3v) is 3.17. The minimum atomic E-state index is 0.693. The molecule has 3 heteroatoms. The van der Waals surface area contributed by atoms with Crippen LogP contribution in [-0.2, 0) is 0 Å². The van der Waals surface area contributed by atoms with Crippen molar-refractivity contribution in [2.24, 2.45) is 5.92 Å². The van der Waals surface area contributed by atoms with Gasteiger partial charge in [-0.15, -0.1) is 0 Å². The highest BCUT2D eigenvalue weighted by atomic mass is 16.5. The Hall–Kier alpha value is -1.09. The standard InChI is InChI=1S/C13H20N2O/c1-11-4-3-5-13(14-11)16-10-12-6-8-15(2)9-7-12/h3-5,12H,6-10H2,1-2H3. The molecule has 1 aliphatic rings. The first-order chi connectivity index (χ1) is 7.74. The lowest BCUT2D eigenvalue weighted by molar-refractivity contribution is 0.157. The van der Waals surface area contributed by atoms with E-state index < -0.39 is 0 Å². The summed E-state index contributed by atoms with van der Waals surface area (Å²) in [5, 5.41) is 0. The molecular formula is C13H20N2O. The van der Waals surface area contributed by atoms with Crippen molar-refractivity contribution in [3.8, 4) is 5.88 Å². The molecule has 2 rings (SSSR count). The van der Waals surface area contributed by atoms with Gasteiger partial charge in [0.15, 0.2) is 0 Å². The molecule has 2 heterocycles. The SMILES string of the molecule is Cc1cccc(OCC2CCN(C)CC2)n1. The van der Waals surface area contributed by atoms with E-state index in [1.807, 2.05) is 25.1 Å². The molecule has 0 radical (unpaired) electrons. The summed E-state index contributed by atoms with van der Waals surface area (Å²) in [6.45, 7) is 5.18. The fourth-order valence-corrected chi connectivity index (χ4v) is 2.03. The van der Waals surface area contributed by atoms with E-state index in [1.54, 1.807) is 0 Å². The highest BCUT2D eigenvalue weighted by Gasteiger charge is 2.17. The third-order valence-electron chi connectivity index (χ3n) is 3.17. The van der Waals surface area contributed by atoms with E-state index in [2.05, 4.69) is 16.9 Å². The van der Waals surface area contributed by atoms with E-state index in [9.17, 15) is 0 Å². The molecule has 1 saturated heterocycles. The first-order valence-corrected chi connectivity index (χ1v) is 5.99. The number of aryl methyl sites for hydroxylation is 1. The van der Waals surface area contributed by atoms with Crippen LogP contribution in [0.25, 0.3) is 0 Å². The molecule has 1 fully saturated rings. The van der Waals surface area contributed by atoms with Gasteiger partial charge >= 0.3 is 0 Å². The predicted octanol–water partition coefficient (Wildman–Crippen LogP) is 2.11. The topological polar surface area (TPSA) is 25.4 Å². The molecule has 1 aromatic heterocycles. The summed E-state index contributed by atoms with van der Waals surface area (Å²) < 4.78 is 5.73. The third kappa shape index (κ3) is 3.20. The number of hydrogen-bond acceptors (Lipinski definition) is 3. The molecule has 3 nitrogen and oxygen atoms in total. The fraction of sp³-hybridized carbons (Fsp3) is 0.615. The van der Waals surface area contributed by atoms with Crippen molar-refractivity contribution in [3.63, 3.8) is 0 Å². The van der Waals surface area contributed by atoms with Crippen LogP contribution in [0.15, 0.2) is 18.2 Å². The van der Waals surface area contributed by atoms with Gasteiger partial charge < -0.3 is 9.64 Å². The Morgan fingerprint density at radius 1 is 1.38 bits per heavy atom. The minimum Gasteiger partial charge on any atom is -0.477 e. The van der Waals surface area contributed by atoms with Gasteiger partial charge in [-0.25, -0.2) is 4.98 Å². The van der Waals surface area contributed by atoms with E-state index in [0.717, 1.165) is 18.2 Å². The van der Waals surface area contributed by atoms with Gasteiger partial charge in [0.25, 0.3) is 0 Å². The highest BCUT2D eigenvalue weighted by Crippen LogP contribution is 2.17. The van der Waals surface area contributed by atoms with Gasteiger partial charge in [-0.05, 0) is 51.9 Å². The highest BCUT2D eigenvalue weighted by molar-refractivity contribution is 5.14. The van der Waals surface area contributed by atoms with Crippen LogP contribution in [-0.4, -0.2) is 36.6 Å². The van der Waals surface area contributed by atoms with Gasteiger partial charge in [-0.2, -0.15) is 0 Å². The van der Waals surface area contributed by atoms with Gasteiger partial charge in [0.05, 0.1) is 6.61 Å². The van der Waals surface area contributed by atoms with Gasteiger partial charge in [0.1, 0.15) is 0 Å². The van der Waals surface area contributed by atoms with Crippen LogP contribution in [0.2, 0.25) is 0 Å². The zero-order valence-electron chi connectivity index (χ0n) is 10.1. The van der Waals surface area contributed by atoms with Gasteiger partial charge in [-0.1, -0.05) is 6.07 Å². The Labute approximate surface area is 97.4 Å². The molecule has 0 aliphatic carbocycles. The van der Waals surface area contributed by atoms with Crippen LogP contribution >= 0.6 is 0 Å². The number of nitrogens with zero attached hydrogens (tertiary/aromatic N) is 2. The first-order valence-electron chi connectivity index (χ1n) is 5.99. The fourth-order valence-electron chi connectivity index (χ4n) is 2.03. The minimum absolute atomic E-state index is 0.693. The van der Waals surface area contributed by atoms with Crippen molar-refractivity contribution in [2.45, 2.75) is 19.8 Å². The summed E-state index contributed by atoms with van der Waals surface area (Å²) in [5.41, 5.74) is 1.01. The molecule has 0 aromatic carbocycles. The van der Waals surface area contributed by atoms with Crippen LogP contribution in [0.4, 0.5) is 0 Å². The molecule has 0 N–H and O–H groups in total. The van der Waals surface area contributed by atoms with Crippen LogP contribution in [0.5, 0.6) is 5.88 Å². The monoisotopic (exact) mass is 220 g/mol. The number of piperidine rings is 1. The molecule has 0 unspecified atom stereocenters. The van der Waals surface area contributed by atoms with E-state index in [4.69, 9.17) is 4.74 Å². The molecule has 0 spiro atoms. The molecule has 88 valence electrons. The van der Waals surface area contributed by atoms with E-state index in [1.165, 1.54) is 25.9 Å². The summed E-state index contributed by atoms with van der Waals surface area (Å²) in [6, 6.07) is 5.91. The Morgan fingerprint density at radius 3 is 2.81 bits per heavy atom. The predicted molar refractivity (Wildman–Crippen MR) is 64.7 cm³/mol. The van der Waals surface area contributed by atoms with Crippen LogP contribution in [0, 0.1) is 12.8 Å². The number of hydrogen-bond donors (Lipinski definition) is 0. The zero-order chi connectivity index (χ0) is 11.4. The molecule has 1 aliphatic heterocycles. The van der Waals surface area contributed by atoms with Crippen molar-refractivity contribution in [1.29, 1.82) is 0 Å². The molecule has 0 bridgehead atoms. The van der Waals surface area contributed by atoms with Crippen molar-refractivity contribution in [2.75, 3.05) is 26.7 Å². The van der Waals surface area contributed by atoms with Crippen molar-refractivity contribution in [1.82, 2.24) is 9.88 Å². The molecule has 1 aromatic rings. The quantitative estimate of drug-likeness (QED) is 0.780. The first kappa shape index (κ1) is 11.4. The second kappa shape index (κ2) is 5.30. The number of pyridine rings is 1. The van der Waals surface area contributed by atoms with Crippen LogP contribution in [0.3, 0.4) is 0 Å². The lowest BCUT2D eigenvalue weighted by atomic mass is 9.98. The molecular weight excluding hydrogens is 200 g/mol. The number of aromatic nitrogens is 1. The Kier molecular flexibility index (Phi) is 3.78. The average Bonchev–Trinajstić information content (AvgIpc) is 2.28. The summed E-state index contributed by atoms with van der Waals surface area (Å²) in [7, 11) is 2.18. The number of likely N-dealkylation sites (tertiary alicyclic amines) is 1. The van der Waals surface area contributed by atoms with Gasteiger partial charge in [0, 0.05) is 11.8 Å². The second-order valence-electron chi connectivity index (χ2n) is 4.67. The summed E-state index contributed by atoms with van der Waals surface area (Å²) in [5.74, 6) is 1.46. The number of rotatable bonds is 3. The van der Waals surface area contributed by atoms with Gasteiger partial charge in [0.2, 0.25) is 5.88 Å². The molecule has 0 amide bonds. The van der Waals surface area contributed by atoms with E-state index in [-0.39, 0.29) is 0 Å². The van der Waals surface area contributed by atoms with Crippen molar-refractivity contribution < 1.29 is 4.74 Å². The van der Waals surface area contributed by atoms with E-state index in [0.29, 0.717) is 5.92 Å². The Balaban J connectivity index is 1.79. The molecule has 0 atom stereocenters. The maximum atomic E-state index is 5.73. The Bertz CT molecular complexity index is 332. The van der Waals surface area contributed by atoms with E-state index >= 15 is 0 Å². The maximum Gasteiger partial charge on any atom is 0.213 e.